The number of aromatic hydroxyl groups is 3. The van der Waals surface area contributed by atoms with E-state index < -0.39 is 5.75 Å². The Morgan fingerprint density at radius 3 is 1.60 bits per heavy atom. The Hall–Kier alpha value is -1.42. The van der Waals surface area contributed by atoms with Gasteiger partial charge in [0.2, 0.25) is 0 Å². The molecule has 0 amide bonds. The Bertz CT molecular complexity index is 201. The van der Waals surface area contributed by atoms with Gasteiger partial charge in [-0.1, -0.05) is 6.07 Å². The lowest BCUT2D eigenvalue weighted by atomic mass is 10.3. The van der Waals surface area contributed by atoms with Gasteiger partial charge >= 0.3 is 0 Å². The molecule has 0 fully saturated rings. The van der Waals surface area contributed by atoms with Gasteiger partial charge in [0.25, 0.3) is 0 Å². The third-order valence-corrected chi connectivity index (χ3v) is 0.993. The summed E-state index contributed by atoms with van der Waals surface area (Å²) in [6, 6.07) is 4.01. The molecule has 0 unspecified atom stereocenters. The van der Waals surface area contributed by atoms with Gasteiger partial charge in [-0.25, -0.2) is 0 Å². The molecular weight excluding hydrogens is 136 g/mol. The molecule has 4 nitrogen and oxygen atoms in total. The number of hydrogen-bond acceptors (Lipinski definition) is 3. The summed E-state index contributed by atoms with van der Waals surface area (Å²) >= 11 is 0. The molecule has 0 saturated heterocycles. The molecule has 0 aliphatic heterocycles. The van der Waals surface area contributed by atoms with Crippen molar-refractivity contribution in [2.24, 2.45) is 0 Å². The highest BCUT2D eigenvalue weighted by Crippen LogP contribution is 2.32. The molecule has 1 rings (SSSR count). The average Bonchev–Trinajstić information content (AvgIpc) is 1.83. The maximum absolute atomic E-state index is 8.71. The Kier molecular flexibility index (Phi) is 2.52. The van der Waals surface area contributed by atoms with E-state index in [9.17, 15) is 0 Å². The summed E-state index contributed by atoms with van der Waals surface area (Å²) in [5.41, 5.74) is 0. The van der Waals surface area contributed by atoms with E-state index in [1.54, 1.807) is 0 Å². The van der Waals surface area contributed by atoms with Gasteiger partial charge in [0, 0.05) is 0 Å². The number of benzene rings is 1. The van der Waals surface area contributed by atoms with Crippen molar-refractivity contribution in [3.8, 4) is 17.2 Å². The Balaban J connectivity index is 0.000000810. The van der Waals surface area contributed by atoms with Crippen molar-refractivity contribution in [2.75, 3.05) is 0 Å². The zero-order chi connectivity index (χ0) is 6.85. The van der Waals surface area contributed by atoms with E-state index in [1.165, 1.54) is 18.2 Å². The first-order valence-electron chi connectivity index (χ1n) is 2.41. The van der Waals surface area contributed by atoms with Crippen LogP contribution in [0, 0.1) is 0 Å². The van der Waals surface area contributed by atoms with E-state index in [0.29, 0.717) is 0 Å². The van der Waals surface area contributed by atoms with E-state index >= 15 is 0 Å². The average molecular weight is 144 g/mol. The lowest BCUT2D eigenvalue weighted by molar-refractivity contribution is 0.368. The molecule has 56 valence electrons. The molecule has 10 heavy (non-hydrogen) atoms. The topological polar surface area (TPSA) is 92.2 Å². The lowest BCUT2D eigenvalue weighted by Crippen LogP contribution is -1.67. The van der Waals surface area contributed by atoms with Crippen LogP contribution in [0.2, 0.25) is 0 Å². The van der Waals surface area contributed by atoms with Crippen LogP contribution in [0.1, 0.15) is 0 Å². The largest absolute Gasteiger partial charge is 0.504 e. The molecule has 0 saturated carbocycles. The molecular formula is C6H8O4. The van der Waals surface area contributed by atoms with Gasteiger partial charge in [0.05, 0.1) is 0 Å². The Morgan fingerprint density at radius 2 is 1.30 bits per heavy atom. The molecule has 0 aromatic heterocycles. The molecule has 5 N–H and O–H groups in total. The van der Waals surface area contributed by atoms with E-state index in [0.717, 1.165) is 0 Å². The summed E-state index contributed by atoms with van der Waals surface area (Å²) in [6.45, 7) is 0. The van der Waals surface area contributed by atoms with Gasteiger partial charge in [0.15, 0.2) is 17.2 Å². The van der Waals surface area contributed by atoms with Crippen molar-refractivity contribution < 1.29 is 20.8 Å². The maximum atomic E-state index is 8.71. The minimum atomic E-state index is -0.475. The van der Waals surface area contributed by atoms with Gasteiger partial charge in [-0.15, -0.1) is 0 Å². The zero-order valence-corrected chi connectivity index (χ0v) is 5.07. The highest BCUT2D eigenvalue weighted by Gasteiger charge is 2.00. The van der Waals surface area contributed by atoms with Crippen LogP contribution in [0.3, 0.4) is 0 Å². The fraction of sp³-hybridized carbons (Fsp3) is 0. The van der Waals surface area contributed by atoms with Crippen molar-refractivity contribution in [1.29, 1.82) is 0 Å². The monoisotopic (exact) mass is 144 g/mol. The summed E-state index contributed by atoms with van der Waals surface area (Å²) in [6.07, 6.45) is 0. The minimum Gasteiger partial charge on any atom is -0.504 e. The van der Waals surface area contributed by atoms with Crippen molar-refractivity contribution >= 4 is 0 Å². The van der Waals surface area contributed by atoms with E-state index in [1.807, 2.05) is 0 Å². The zero-order valence-electron chi connectivity index (χ0n) is 5.07. The Labute approximate surface area is 57.3 Å². The molecule has 0 spiro atoms. The standard InChI is InChI=1S/C6H6O3.H2O/c7-4-2-1-3-5(8)6(4)9;/h1-3,7-9H;1H2. The molecule has 0 aliphatic rings. The van der Waals surface area contributed by atoms with Crippen molar-refractivity contribution in [1.82, 2.24) is 0 Å². The predicted octanol–water partition coefficient (Wildman–Crippen LogP) is -0.0213. The van der Waals surface area contributed by atoms with Crippen LogP contribution in [0.15, 0.2) is 18.2 Å². The highest BCUT2D eigenvalue weighted by molar-refractivity contribution is 5.47. The van der Waals surface area contributed by atoms with Gasteiger partial charge < -0.3 is 20.8 Å². The summed E-state index contributed by atoms with van der Waals surface area (Å²) in [4.78, 5) is 0. The number of para-hydroxylation sites is 1. The molecule has 0 aliphatic carbocycles. The summed E-state index contributed by atoms with van der Waals surface area (Å²) in [5, 5.41) is 26.1. The molecule has 1 aromatic rings. The maximum Gasteiger partial charge on any atom is 0.200 e. The van der Waals surface area contributed by atoms with Gasteiger partial charge in [-0.05, 0) is 12.1 Å². The second-order valence-corrected chi connectivity index (χ2v) is 1.64. The van der Waals surface area contributed by atoms with Crippen molar-refractivity contribution in [2.45, 2.75) is 0 Å². The van der Waals surface area contributed by atoms with Crippen LogP contribution in [-0.4, -0.2) is 20.8 Å². The lowest BCUT2D eigenvalue weighted by Gasteiger charge is -1.96. The summed E-state index contributed by atoms with van der Waals surface area (Å²) < 4.78 is 0. The van der Waals surface area contributed by atoms with Gasteiger partial charge in [-0.2, -0.15) is 0 Å². The van der Waals surface area contributed by atoms with Crippen LogP contribution >= 0.6 is 0 Å². The smallest absolute Gasteiger partial charge is 0.200 e. The number of phenolic OH excluding ortho intramolecular Hbond substituents is 3. The SMILES string of the molecule is O.Oc1cccc(O)c1O. The van der Waals surface area contributed by atoms with E-state index in [2.05, 4.69) is 0 Å². The third-order valence-electron chi connectivity index (χ3n) is 0.993. The van der Waals surface area contributed by atoms with Crippen LogP contribution in [0.4, 0.5) is 0 Å². The summed E-state index contributed by atoms with van der Waals surface area (Å²) in [5.74, 6) is -1.09. The number of hydrogen-bond donors (Lipinski definition) is 3. The second-order valence-electron chi connectivity index (χ2n) is 1.64. The normalized spacial score (nSPS) is 8.40. The van der Waals surface area contributed by atoms with E-state index in [4.69, 9.17) is 15.3 Å². The van der Waals surface area contributed by atoms with Crippen molar-refractivity contribution in [3.63, 3.8) is 0 Å². The predicted molar refractivity (Wildman–Crippen MR) is 35.1 cm³/mol. The van der Waals surface area contributed by atoms with Crippen molar-refractivity contribution in [3.05, 3.63) is 18.2 Å². The number of phenols is 3. The third kappa shape index (κ3) is 1.29. The molecule has 1 aromatic carbocycles. The summed E-state index contributed by atoms with van der Waals surface area (Å²) in [7, 11) is 0. The molecule has 0 heterocycles. The fourth-order valence-corrected chi connectivity index (χ4v) is 0.519. The minimum absolute atomic E-state index is 0. The van der Waals surface area contributed by atoms with Gasteiger partial charge in [0.1, 0.15) is 0 Å². The molecule has 4 heteroatoms. The number of rotatable bonds is 0. The van der Waals surface area contributed by atoms with Gasteiger partial charge in [-0.3, -0.25) is 0 Å². The van der Waals surface area contributed by atoms with Crippen LogP contribution in [-0.2, 0) is 0 Å². The van der Waals surface area contributed by atoms with Crippen LogP contribution < -0.4 is 0 Å². The molecule has 0 atom stereocenters. The highest BCUT2D eigenvalue weighted by atomic mass is 16.3. The Morgan fingerprint density at radius 1 is 0.900 bits per heavy atom. The molecule has 0 bridgehead atoms. The first-order valence-corrected chi connectivity index (χ1v) is 2.41. The fourth-order valence-electron chi connectivity index (χ4n) is 0.519. The van der Waals surface area contributed by atoms with Crippen LogP contribution in [0.25, 0.3) is 0 Å². The first kappa shape index (κ1) is 8.58. The molecule has 0 radical (unpaired) electrons. The first-order chi connectivity index (χ1) is 4.22. The second kappa shape index (κ2) is 2.93. The quantitative estimate of drug-likeness (QED) is 0.447. The van der Waals surface area contributed by atoms with E-state index in [-0.39, 0.29) is 17.0 Å². The van der Waals surface area contributed by atoms with Crippen LogP contribution in [0.5, 0.6) is 17.2 Å².